The Morgan fingerprint density at radius 2 is 2.50 bits per heavy atom. The fourth-order valence-corrected chi connectivity index (χ4v) is 0.966. The van der Waals surface area contributed by atoms with E-state index in [0.717, 1.165) is 0 Å². The lowest BCUT2D eigenvalue weighted by Crippen LogP contribution is -2.15. The van der Waals surface area contributed by atoms with Gasteiger partial charge in [-0.25, -0.2) is 4.79 Å². The number of aromatic carboxylic acids is 1. The van der Waals surface area contributed by atoms with E-state index in [2.05, 4.69) is 16.2 Å². The van der Waals surface area contributed by atoms with E-state index < -0.39 is 5.97 Å². The summed E-state index contributed by atoms with van der Waals surface area (Å²) in [4.78, 5) is 14.5. The molecule has 0 saturated heterocycles. The van der Waals surface area contributed by atoms with E-state index >= 15 is 0 Å². The van der Waals surface area contributed by atoms with Gasteiger partial charge in [0.05, 0.1) is 11.7 Å². The number of carbonyl (C=O) groups is 1. The van der Waals surface area contributed by atoms with Gasteiger partial charge in [-0.1, -0.05) is 5.92 Å². The highest BCUT2D eigenvalue weighted by molar-refractivity contribution is 5.93. The van der Waals surface area contributed by atoms with Crippen LogP contribution in [0.1, 0.15) is 17.3 Å². The van der Waals surface area contributed by atoms with Crippen molar-refractivity contribution in [3.05, 3.63) is 24.0 Å². The van der Waals surface area contributed by atoms with Crippen LogP contribution in [0.2, 0.25) is 0 Å². The molecule has 0 aromatic carbocycles. The first kappa shape index (κ1) is 10.1. The summed E-state index contributed by atoms with van der Waals surface area (Å²) in [5.41, 5.74) is 0.604. The normalized spacial score (nSPS) is 11.4. The number of pyridine rings is 1. The fourth-order valence-electron chi connectivity index (χ4n) is 0.966. The van der Waals surface area contributed by atoms with Gasteiger partial charge in [-0.3, -0.25) is 4.98 Å². The molecule has 0 aliphatic rings. The lowest BCUT2D eigenvalue weighted by Gasteiger charge is -2.10. The second-order valence-corrected chi connectivity index (χ2v) is 2.76. The van der Waals surface area contributed by atoms with Crippen molar-refractivity contribution in [3.8, 4) is 12.3 Å². The number of hydrogen-bond acceptors (Lipinski definition) is 3. The van der Waals surface area contributed by atoms with Gasteiger partial charge < -0.3 is 10.4 Å². The van der Waals surface area contributed by atoms with Crippen LogP contribution in [-0.4, -0.2) is 22.1 Å². The van der Waals surface area contributed by atoms with Crippen molar-refractivity contribution < 1.29 is 9.90 Å². The van der Waals surface area contributed by atoms with Crippen molar-refractivity contribution in [2.75, 3.05) is 5.32 Å². The monoisotopic (exact) mass is 190 g/mol. The van der Waals surface area contributed by atoms with Crippen molar-refractivity contribution in [2.24, 2.45) is 0 Å². The molecule has 1 heterocycles. The van der Waals surface area contributed by atoms with Crippen LogP contribution in [0.25, 0.3) is 0 Å². The number of nitrogens with one attached hydrogen (secondary N) is 1. The van der Waals surface area contributed by atoms with Crippen molar-refractivity contribution in [1.29, 1.82) is 0 Å². The Morgan fingerprint density at radius 3 is 3.07 bits per heavy atom. The van der Waals surface area contributed by atoms with E-state index in [9.17, 15) is 4.79 Å². The lowest BCUT2D eigenvalue weighted by molar-refractivity contribution is 0.0697. The van der Waals surface area contributed by atoms with Gasteiger partial charge in [0.2, 0.25) is 0 Å². The summed E-state index contributed by atoms with van der Waals surface area (Å²) in [6, 6.07) is 1.37. The highest BCUT2D eigenvalue weighted by atomic mass is 16.4. The molecule has 0 radical (unpaired) electrons. The summed E-state index contributed by atoms with van der Waals surface area (Å²) in [5, 5.41) is 11.7. The van der Waals surface area contributed by atoms with Gasteiger partial charge >= 0.3 is 5.97 Å². The van der Waals surface area contributed by atoms with Crippen molar-refractivity contribution >= 4 is 11.7 Å². The maximum atomic E-state index is 10.8. The quantitative estimate of drug-likeness (QED) is 0.703. The molecule has 0 saturated carbocycles. The Kier molecular flexibility index (Phi) is 3.08. The molecule has 4 nitrogen and oxygen atoms in total. The SMILES string of the molecule is C#CC(C)Nc1ccncc1C(=O)O. The first-order valence-corrected chi connectivity index (χ1v) is 4.05. The highest BCUT2D eigenvalue weighted by Crippen LogP contribution is 2.14. The van der Waals surface area contributed by atoms with Crippen LogP contribution < -0.4 is 5.32 Å². The van der Waals surface area contributed by atoms with E-state index in [4.69, 9.17) is 11.5 Å². The molecule has 1 aromatic rings. The number of hydrogen-bond donors (Lipinski definition) is 2. The standard InChI is InChI=1S/C10H10N2O2/c1-3-7(2)12-9-4-5-11-6-8(9)10(13)14/h1,4-7H,2H3,(H,11,12)(H,13,14). The molecule has 0 fully saturated rings. The molecule has 14 heavy (non-hydrogen) atoms. The Morgan fingerprint density at radius 1 is 1.79 bits per heavy atom. The third-order valence-electron chi connectivity index (χ3n) is 1.67. The first-order chi connectivity index (χ1) is 6.65. The molecule has 2 N–H and O–H groups in total. The molecular formula is C10H10N2O2. The average molecular weight is 190 g/mol. The van der Waals surface area contributed by atoms with Gasteiger partial charge in [0, 0.05) is 12.4 Å². The van der Waals surface area contributed by atoms with E-state index in [0.29, 0.717) is 5.69 Å². The molecule has 0 spiro atoms. The summed E-state index contributed by atoms with van der Waals surface area (Å²) in [6.07, 6.45) is 7.97. The van der Waals surface area contributed by atoms with Crippen LogP contribution in [0.5, 0.6) is 0 Å². The number of aromatic nitrogens is 1. The van der Waals surface area contributed by atoms with Crippen LogP contribution in [-0.2, 0) is 0 Å². The zero-order valence-electron chi connectivity index (χ0n) is 7.69. The molecular weight excluding hydrogens is 180 g/mol. The largest absolute Gasteiger partial charge is 0.478 e. The highest BCUT2D eigenvalue weighted by Gasteiger charge is 2.10. The maximum Gasteiger partial charge on any atom is 0.339 e. The summed E-state index contributed by atoms with van der Waals surface area (Å²) in [6.45, 7) is 1.77. The van der Waals surface area contributed by atoms with Crippen LogP contribution in [0, 0.1) is 12.3 Å². The number of rotatable bonds is 3. The molecule has 0 aliphatic heterocycles. The van der Waals surface area contributed by atoms with Gasteiger partial charge in [-0.05, 0) is 13.0 Å². The summed E-state index contributed by atoms with van der Waals surface area (Å²) in [7, 11) is 0. The van der Waals surface area contributed by atoms with E-state index in [1.165, 1.54) is 12.4 Å². The number of terminal acetylenes is 1. The van der Waals surface area contributed by atoms with E-state index in [1.807, 2.05) is 0 Å². The topological polar surface area (TPSA) is 62.2 Å². The van der Waals surface area contributed by atoms with Crippen molar-refractivity contribution in [1.82, 2.24) is 4.98 Å². The summed E-state index contributed by atoms with van der Waals surface area (Å²) < 4.78 is 0. The summed E-state index contributed by atoms with van der Waals surface area (Å²) >= 11 is 0. The van der Waals surface area contributed by atoms with Gasteiger partial charge in [-0.2, -0.15) is 0 Å². The Labute approximate surface area is 82.0 Å². The summed E-state index contributed by atoms with van der Waals surface area (Å²) in [5.74, 6) is 1.43. The van der Waals surface area contributed by atoms with Gasteiger partial charge in [0.1, 0.15) is 5.56 Å². The van der Waals surface area contributed by atoms with Gasteiger partial charge in [0.15, 0.2) is 0 Å². The molecule has 1 aromatic heterocycles. The third kappa shape index (κ3) is 2.23. The Bertz CT molecular complexity index is 382. The molecule has 0 bridgehead atoms. The predicted molar refractivity (Wildman–Crippen MR) is 53.1 cm³/mol. The minimum Gasteiger partial charge on any atom is -0.478 e. The lowest BCUT2D eigenvalue weighted by atomic mass is 10.2. The molecule has 0 aliphatic carbocycles. The van der Waals surface area contributed by atoms with Crippen LogP contribution in [0.3, 0.4) is 0 Å². The molecule has 1 unspecified atom stereocenters. The van der Waals surface area contributed by atoms with Crippen LogP contribution >= 0.6 is 0 Å². The Hall–Kier alpha value is -2.02. The number of carboxylic acids is 1. The minimum atomic E-state index is -1.02. The molecule has 1 rings (SSSR count). The van der Waals surface area contributed by atoms with Crippen LogP contribution in [0.15, 0.2) is 18.5 Å². The zero-order valence-corrected chi connectivity index (χ0v) is 7.69. The average Bonchev–Trinajstić information content (AvgIpc) is 2.18. The Balaban J connectivity index is 2.97. The molecule has 72 valence electrons. The number of anilines is 1. The van der Waals surface area contributed by atoms with Gasteiger partial charge in [-0.15, -0.1) is 6.42 Å². The van der Waals surface area contributed by atoms with E-state index in [1.54, 1.807) is 13.0 Å². The smallest absolute Gasteiger partial charge is 0.339 e. The second kappa shape index (κ2) is 4.28. The number of nitrogens with zero attached hydrogens (tertiary/aromatic N) is 1. The fraction of sp³-hybridized carbons (Fsp3) is 0.200. The molecule has 0 amide bonds. The van der Waals surface area contributed by atoms with E-state index in [-0.39, 0.29) is 11.6 Å². The third-order valence-corrected chi connectivity index (χ3v) is 1.67. The predicted octanol–water partition coefficient (Wildman–Crippen LogP) is 1.21. The second-order valence-electron chi connectivity index (χ2n) is 2.76. The van der Waals surface area contributed by atoms with Crippen molar-refractivity contribution in [3.63, 3.8) is 0 Å². The molecule has 4 heteroatoms. The maximum absolute atomic E-state index is 10.8. The van der Waals surface area contributed by atoms with Gasteiger partial charge in [0.25, 0.3) is 0 Å². The first-order valence-electron chi connectivity index (χ1n) is 4.05. The van der Waals surface area contributed by atoms with Crippen LogP contribution in [0.4, 0.5) is 5.69 Å². The zero-order chi connectivity index (χ0) is 10.6. The number of carboxylic acid groups (broad SMARTS) is 1. The van der Waals surface area contributed by atoms with Crippen molar-refractivity contribution in [2.45, 2.75) is 13.0 Å². The molecule has 1 atom stereocenters. The minimum absolute atomic E-state index is 0.120.